The van der Waals surface area contributed by atoms with Crippen molar-refractivity contribution in [1.82, 2.24) is 4.90 Å². The predicted molar refractivity (Wildman–Crippen MR) is 67.7 cm³/mol. The van der Waals surface area contributed by atoms with Crippen LogP contribution in [0.4, 0.5) is 0 Å². The number of hydrogen-bond donors (Lipinski definition) is 2. The van der Waals surface area contributed by atoms with Crippen LogP contribution in [0.25, 0.3) is 0 Å². The van der Waals surface area contributed by atoms with Gasteiger partial charge in [0.05, 0.1) is 5.60 Å². The Labute approximate surface area is 105 Å². The lowest BCUT2D eigenvalue weighted by atomic mass is 9.93. The number of rotatable bonds is 2. The third-order valence-corrected chi connectivity index (χ3v) is 4.22. The van der Waals surface area contributed by atoms with Crippen molar-refractivity contribution >= 4 is 17.2 Å². The van der Waals surface area contributed by atoms with Gasteiger partial charge < -0.3 is 15.7 Å². The lowest BCUT2D eigenvalue weighted by molar-refractivity contribution is -0.136. The molecule has 0 saturated carbocycles. The SMILES string of the molecule is CC1(O)CCN(C(=O)C(N)c2cccs2)CC1. The minimum Gasteiger partial charge on any atom is -0.390 e. The van der Waals surface area contributed by atoms with Gasteiger partial charge in [0, 0.05) is 18.0 Å². The number of carbonyl (C=O) groups excluding carboxylic acids is 1. The highest BCUT2D eigenvalue weighted by Gasteiger charge is 2.32. The van der Waals surface area contributed by atoms with E-state index in [1.807, 2.05) is 24.4 Å². The van der Waals surface area contributed by atoms with Gasteiger partial charge in [-0.1, -0.05) is 6.07 Å². The van der Waals surface area contributed by atoms with Gasteiger partial charge in [-0.2, -0.15) is 0 Å². The zero-order valence-electron chi connectivity index (χ0n) is 9.93. The van der Waals surface area contributed by atoms with Gasteiger partial charge in [-0.05, 0) is 31.2 Å². The third kappa shape index (κ3) is 2.86. The molecule has 3 N–H and O–H groups in total. The summed E-state index contributed by atoms with van der Waals surface area (Å²) in [6, 6.07) is 3.22. The van der Waals surface area contributed by atoms with Crippen molar-refractivity contribution in [2.45, 2.75) is 31.4 Å². The molecule has 0 aromatic carbocycles. The summed E-state index contributed by atoms with van der Waals surface area (Å²) < 4.78 is 0. The van der Waals surface area contributed by atoms with Crippen molar-refractivity contribution in [2.75, 3.05) is 13.1 Å². The topological polar surface area (TPSA) is 66.6 Å². The maximum absolute atomic E-state index is 12.1. The molecular weight excluding hydrogens is 236 g/mol. The standard InChI is InChI=1S/C12H18N2O2S/c1-12(16)4-6-14(7-5-12)11(15)10(13)9-3-2-8-17-9/h2-3,8,10,16H,4-7,13H2,1H3. The number of nitrogens with two attached hydrogens (primary N) is 1. The number of hydrogen-bond acceptors (Lipinski definition) is 4. The second-order valence-corrected chi connectivity index (χ2v) is 5.79. The maximum atomic E-state index is 12.1. The quantitative estimate of drug-likeness (QED) is 0.831. The first-order valence-corrected chi connectivity index (χ1v) is 6.68. The van der Waals surface area contributed by atoms with E-state index >= 15 is 0 Å². The molecule has 17 heavy (non-hydrogen) atoms. The molecule has 94 valence electrons. The Morgan fingerprint density at radius 1 is 1.59 bits per heavy atom. The van der Waals surface area contributed by atoms with Gasteiger partial charge in [-0.3, -0.25) is 4.79 Å². The lowest BCUT2D eigenvalue weighted by Gasteiger charge is -2.36. The molecular formula is C12H18N2O2S. The average Bonchev–Trinajstić information content (AvgIpc) is 2.80. The molecule has 1 atom stereocenters. The average molecular weight is 254 g/mol. The van der Waals surface area contributed by atoms with Crippen LogP contribution in [0.3, 0.4) is 0 Å². The number of amides is 1. The molecule has 1 unspecified atom stereocenters. The largest absolute Gasteiger partial charge is 0.390 e. The molecule has 2 heterocycles. The van der Waals surface area contributed by atoms with E-state index in [0.717, 1.165) is 4.88 Å². The summed E-state index contributed by atoms with van der Waals surface area (Å²) in [5.41, 5.74) is 5.30. The Morgan fingerprint density at radius 2 is 2.24 bits per heavy atom. The van der Waals surface area contributed by atoms with Crippen LogP contribution in [-0.4, -0.2) is 34.6 Å². The molecule has 1 amide bonds. The summed E-state index contributed by atoms with van der Waals surface area (Å²) in [6.45, 7) is 2.99. The maximum Gasteiger partial charge on any atom is 0.244 e. The number of carbonyl (C=O) groups is 1. The normalized spacial score (nSPS) is 21.2. The number of thiophene rings is 1. The molecule has 1 aliphatic heterocycles. The van der Waals surface area contributed by atoms with Crippen molar-refractivity contribution in [3.8, 4) is 0 Å². The first-order valence-electron chi connectivity index (χ1n) is 5.80. The minimum atomic E-state index is -0.635. The third-order valence-electron chi connectivity index (χ3n) is 3.27. The van der Waals surface area contributed by atoms with E-state index in [0.29, 0.717) is 25.9 Å². The smallest absolute Gasteiger partial charge is 0.244 e. The van der Waals surface area contributed by atoms with Crippen LogP contribution < -0.4 is 5.73 Å². The van der Waals surface area contributed by atoms with Crippen LogP contribution in [0.2, 0.25) is 0 Å². The Hall–Kier alpha value is -0.910. The highest BCUT2D eigenvalue weighted by Crippen LogP contribution is 2.24. The zero-order chi connectivity index (χ0) is 12.5. The van der Waals surface area contributed by atoms with Crippen molar-refractivity contribution in [1.29, 1.82) is 0 Å². The summed E-state index contributed by atoms with van der Waals surface area (Å²) in [7, 11) is 0. The number of piperidine rings is 1. The van der Waals surface area contributed by atoms with Crippen LogP contribution in [0.5, 0.6) is 0 Å². The first-order chi connectivity index (χ1) is 7.99. The van der Waals surface area contributed by atoms with E-state index in [1.165, 1.54) is 11.3 Å². The van der Waals surface area contributed by atoms with Gasteiger partial charge in [-0.25, -0.2) is 0 Å². The fourth-order valence-electron chi connectivity index (χ4n) is 2.00. The van der Waals surface area contributed by atoms with E-state index in [2.05, 4.69) is 0 Å². The van der Waals surface area contributed by atoms with Crippen LogP contribution in [0.15, 0.2) is 17.5 Å². The molecule has 0 aliphatic carbocycles. The summed E-state index contributed by atoms with van der Waals surface area (Å²) in [5, 5.41) is 11.7. The van der Waals surface area contributed by atoms with Crippen LogP contribution in [0, 0.1) is 0 Å². The summed E-state index contributed by atoms with van der Waals surface area (Å²) in [6.07, 6.45) is 1.24. The number of aliphatic hydroxyl groups is 1. The molecule has 1 aromatic heterocycles. The van der Waals surface area contributed by atoms with Crippen molar-refractivity contribution in [2.24, 2.45) is 5.73 Å². The number of nitrogens with zero attached hydrogens (tertiary/aromatic N) is 1. The fraction of sp³-hybridized carbons (Fsp3) is 0.583. The second kappa shape index (κ2) is 4.76. The van der Waals surface area contributed by atoms with Crippen LogP contribution >= 0.6 is 11.3 Å². The van der Waals surface area contributed by atoms with Crippen molar-refractivity contribution in [3.63, 3.8) is 0 Å². The monoisotopic (exact) mass is 254 g/mol. The molecule has 1 fully saturated rings. The lowest BCUT2D eigenvalue weighted by Crippen LogP contribution is -2.47. The van der Waals surface area contributed by atoms with Crippen molar-refractivity contribution in [3.05, 3.63) is 22.4 Å². The summed E-state index contributed by atoms with van der Waals surface area (Å²) in [5.74, 6) is -0.0389. The van der Waals surface area contributed by atoms with Gasteiger partial charge in [-0.15, -0.1) is 11.3 Å². The van der Waals surface area contributed by atoms with E-state index in [-0.39, 0.29) is 5.91 Å². The Balaban J connectivity index is 1.97. The molecule has 0 spiro atoms. The number of likely N-dealkylation sites (tertiary alicyclic amines) is 1. The van der Waals surface area contributed by atoms with E-state index in [4.69, 9.17) is 5.73 Å². The zero-order valence-corrected chi connectivity index (χ0v) is 10.7. The fourth-order valence-corrected chi connectivity index (χ4v) is 2.71. The van der Waals surface area contributed by atoms with E-state index in [9.17, 15) is 9.90 Å². The molecule has 4 nitrogen and oxygen atoms in total. The molecule has 2 rings (SSSR count). The second-order valence-electron chi connectivity index (χ2n) is 4.82. The molecule has 1 saturated heterocycles. The van der Waals surface area contributed by atoms with Crippen LogP contribution in [0.1, 0.15) is 30.7 Å². The molecule has 1 aliphatic rings. The van der Waals surface area contributed by atoms with Crippen molar-refractivity contribution < 1.29 is 9.90 Å². The van der Waals surface area contributed by atoms with Gasteiger partial charge in [0.2, 0.25) is 5.91 Å². The Kier molecular flexibility index (Phi) is 3.51. The first kappa shape index (κ1) is 12.5. The van der Waals surface area contributed by atoms with E-state index < -0.39 is 11.6 Å². The summed E-state index contributed by atoms with van der Waals surface area (Å²) >= 11 is 1.50. The summed E-state index contributed by atoms with van der Waals surface area (Å²) in [4.78, 5) is 14.8. The van der Waals surface area contributed by atoms with Gasteiger partial charge in [0.25, 0.3) is 0 Å². The molecule has 0 radical (unpaired) electrons. The van der Waals surface area contributed by atoms with Gasteiger partial charge >= 0.3 is 0 Å². The highest BCUT2D eigenvalue weighted by molar-refractivity contribution is 7.10. The van der Waals surface area contributed by atoms with E-state index in [1.54, 1.807) is 4.90 Å². The van der Waals surface area contributed by atoms with Crippen LogP contribution in [-0.2, 0) is 4.79 Å². The highest BCUT2D eigenvalue weighted by atomic mass is 32.1. The minimum absolute atomic E-state index is 0.0389. The van der Waals surface area contributed by atoms with Gasteiger partial charge in [0.15, 0.2) is 0 Å². The predicted octanol–water partition coefficient (Wildman–Crippen LogP) is 1.12. The van der Waals surface area contributed by atoms with Gasteiger partial charge in [0.1, 0.15) is 6.04 Å². The molecule has 1 aromatic rings. The Bertz CT molecular complexity index is 379. The molecule has 0 bridgehead atoms. The Morgan fingerprint density at radius 3 is 2.76 bits per heavy atom. The molecule has 5 heteroatoms.